The second kappa shape index (κ2) is 2.89. The zero-order valence-electron chi connectivity index (χ0n) is 7.07. The lowest BCUT2D eigenvalue weighted by atomic mass is 9.95. The van der Waals surface area contributed by atoms with E-state index in [1.165, 1.54) is 13.3 Å². The third-order valence-corrected chi connectivity index (χ3v) is 1.77. The summed E-state index contributed by atoms with van der Waals surface area (Å²) in [6.45, 7) is 5.35. The molecule has 0 spiro atoms. The molecular formula is C8H10N2O2. The summed E-state index contributed by atoms with van der Waals surface area (Å²) in [5, 5.41) is 7.50. The smallest absolute Gasteiger partial charge is 0.336 e. The number of carbonyl (C=O) groups excluding carboxylic acids is 1. The Morgan fingerprint density at radius 2 is 2.33 bits per heavy atom. The SMILES string of the molecule is C=C(C(=O)OC)C1(C)C=CN=N1. The van der Waals surface area contributed by atoms with Crippen molar-refractivity contribution in [1.82, 2.24) is 0 Å². The third kappa shape index (κ3) is 1.28. The average molecular weight is 166 g/mol. The van der Waals surface area contributed by atoms with Crippen LogP contribution in [0, 0.1) is 0 Å². The molecule has 0 fully saturated rings. The molecule has 1 atom stereocenters. The van der Waals surface area contributed by atoms with Crippen LogP contribution in [0.15, 0.2) is 34.7 Å². The van der Waals surface area contributed by atoms with Crippen LogP contribution in [0.1, 0.15) is 6.92 Å². The highest BCUT2D eigenvalue weighted by Gasteiger charge is 2.31. The molecule has 4 heteroatoms. The molecule has 1 rings (SSSR count). The maximum Gasteiger partial charge on any atom is 0.336 e. The molecule has 0 aromatic heterocycles. The third-order valence-electron chi connectivity index (χ3n) is 1.77. The van der Waals surface area contributed by atoms with Gasteiger partial charge in [-0.2, -0.15) is 10.2 Å². The molecule has 1 heterocycles. The summed E-state index contributed by atoms with van der Waals surface area (Å²) in [6.07, 6.45) is 3.24. The number of hydrogen-bond acceptors (Lipinski definition) is 4. The van der Waals surface area contributed by atoms with Crippen LogP contribution in [0.2, 0.25) is 0 Å². The van der Waals surface area contributed by atoms with Crippen LogP contribution in [0.5, 0.6) is 0 Å². The Balaban J connectivity index is 2.83. The van der Waals surface area contributed by atoms with Gasteiger partial charge in [-0.05, 0) is 13.0 Å². The van der Waals surface area contributed by atoms with Crippen LogP contribution >= 0.6 is 0 Å². The molecule has 0 bridgehead atoms. The molecule has 0 aliphatic carbocycles. The van der Waals surface area contributed by atoms with E-state index in [9.17, 15) is 4.79 Å². The summed E-state index contributed by atoms with van der Waals surface area (Å²) >= 11 is 0. The number of hydrogen-bond donors (Lipinski definition) is 0. The first-order valence-electron chi connectivity index (χ1n) is 3.47. The van der Waals surface area contributed by atoms with Crippen molar-refractivity contribution in [3.05, 3.63) is 24.4 Å². The van der Waals surface area contributed by atoms with E-state index in [1.54, 1.807) is 13.0 Å². The number of rotatable bonds is 2. The van der Waals surface area contributed by atoms with Crippen LogP contribution in [-0.2, 0) is 9.53 Å². The van der Waals surface area contributed by atoms with Crippen LogP contribution in [0.3, 0.4) is 0 Å². The summed E-state index contributed by atoms with van der Waals surface area (Å²) in [5.74, 6) is -0.456. The van der Waals surface area contributed by atoms with Crippen LogP contribution in [-0.4, -0.2) is 18.6 Å². The molecule has 0 aromatic carbocycles. The van der Waals surface area contributed by atoms with Gasteiger partial charge in [0.25, 0.3) is 0 Å². The molecule has 0 N–H and O–H groups in total. The lowest BCUT2D eigenvalue weighted by Gasteiger charge is -2.16. The Bertz CT molecular complexity index is 267. The highest BCUT2D eigenvalue weighted by Crippen LogP contribution is 2.26. The van der Waals surface area contributed by atoms with Crippen LogP contribution in [0.25, 0.3) is 0 Å². The van der Waals surface area contributed by atoms with Gasteiger partial charge in [0.2, 0.25) is 0 Å². The first kappa shape index (κ1) is 8.64. The fraction of sp³-hybridized carbons (Fsp3) is 0.375. The maximum atomic E-state index is 11.0. The van der Waals surface area contributed by atoms with E-state index in [-0.39, 0.29) is 0 Å². The number of esters is 1. The second-order valence-corrected chi connectivity index (χ2v) is 2.65. The van der Waals surface area contributed by atoms with Crippen molar-refractivity contribution in [3.63, 3.8) is 0 Å². The fourth-order valence-electron chi connectivity index (χ4n) is 0.856. The van der Waals surface area contributed by atoms with Gasteiger partial charge in [-0.1, -0.05) is 6.58 Å². The summed E-state index contributed by atoms with van der Waals surface area (Å²) in [7, 11) is 1.31. The molecule has 0 aromatic rings. The number of carbonyl (C=O) groups is 1. The van der Waals surface area contributed by atoms with Crippen molar-refractivity contribution in [2.24, 2.45) is 10.2 Å². The fourth-order valence-corrected chi connectivity index (χ4v) is 0.856. The molecule has 1 unspecified atom stereocenters. The van der Waals surface area contributed by atoms with E-state index in [0.717, 1.165) is 0 Å². The Morgan fingerprint density at radius 3 is 2.75 bits per heavy atom. The number of nitrogens with zero attached hydrogens (tertiary/aromatic N) is 2. The molecule has 0 saturated carbocycles. The van der Waals surface area contributed by atoms with Gasteiger partial charge in [0.15, 0.2) is 0 Å². The van der Waals surface area contributed by atoms with Crippen molar-refractivity contribution in [2.75, 3.05) is 7.11 Å². The molecule has 1 aliphatic rings. The van der Waals surface area contributed by atoms with Gasteiger partial charge < -0.3 is 4.74 Å². The zero-order valence-corrected chi connectivity index (χ0v) is 7.07. The zero-order chi connectivity index (χ0) is 9.19. The van der Waals surface area contributed by atoms with Crippen molar-refractivity contribution in [2.45, 2.75) is 12.5 Å². The number of methoxy groups -OCH3 is 1. The summed E-state index contributed by atoms with van der Waals surface area (Å²) < 4.78 is 4.52. The van der Waals surface area contributed by atoms with Gasteiger partial charge in [0.05, 0.1) is 12.7 Å². The van der Waals surface area contributed by atoms with Crippen molar-refractivity contribution >= 4 is 5.97 Å². The topological polar surface area (TPSA) is 51.0 Å². The van der Waals surface area contributed by atoms with Gasteiger partial charge >= 0.3 is 5.97 Å². The minimum atomic E-state index is -0.715. The molecule has 0 saturated heterocycles. The van der Waals surface area contributed by atoms with E-state index in [1.807, 2.05) is 0 Å². The second-order valence-electron chi connectivity index (χ2n) is 2.65. The van der Waals surface area contributed by atoms with Crippen LogP contribution in [0.4, 0.5) is 0 Å². The predicted octanol–water partition coefficient (Wildman–Crippen LogP) is 1.45. The molecule has 12 heavy (non-hydrogen) atoms. The first-order chi connectivity index (χ1) is 5.60. The largest absolute Gasteiger partial charge is 0.466 e. The Kier molecular flexibility index (Phi) is 2.08. The highest BCUT2D eigenvalue weighted by molar-refractivity contribution is 5.90. The van der Waals surface area contributed by atoms with Crippen LogP contribution < -0.4 is 0 Å². The number of azo groups is 1. The lowest BCUT2D eigenvalue weighted by Crippen LogP contribution is -2.25. The van der Waals surface area contributed by atoms with Crippen molar-refractivity contribution in [3.8, 4) is 0 Å². The van der Waals surface area contributed by atoms with E-state index >= 15 is 0 Å². The molecule has 64 valence electrons. The average Bonchev–Trinajstić information content (AvgIpc) is 2.50. The molecule has 0 radical (unpaired) electrons. The van der Waals surface area contributed by atoms with Gasteiger partial charge in [-0.25, -0.2) is 4.79 Å². The Hall–Kier alpha value is -1.45. The Labute approximate surface area is 70.6 Å². The molecule has 4 nitrogen and oxygen atoms in total. The normalized spacial score (nSPS) is 25.8. The highest BCUT2D eigenvalue weighted by atomic mass is 16.5. The van der Waals surface area contributed by atoms with E-state index in [4.69, 9.17) is 0 Å². The van der Waals surface area contributed by atoms with E-state index < -0.39 is 11.5 Å². The van der Waals surface area contributed by atoms with Gasteiger partial charge in [0, 0.05) is 6.20 Å². The van der Waals surface area contributed by atoms with Crippen molar-refractivity contribution < 1.29 is 9.53 Å². The molecular weight excluding hydrogens is 156 g/mol. The van der Waals surface area contributed by atoms with Gasteiger partial charge in [0.1, 0.15) is 5.54 Å². The van der Waals surface area contributed by atoms with E-state index in [0.29, 0.717) is 5.57 Å². The standard InChI is InChI=1S/C8H10N2O2/c1-6(7(11)12-3)8(2)4-5-9-10-8/h4-5H,1H2,2-3H3. The van der Waals surface area contributed by atoms with Crippen molar-refractivity contribution in [1.29, 1.82) is 0 Å². The Morgan fingerprint density at radius 1 is 1.67 bits per heavy atom. The first-order valence-corrected chi connectivity index (χ1v) is 3.47. The van der Waals surface area contributed by atoms with E-state index in [2.05, 4.69) is 21.5 Å². The minimum absolute atomic E-state index is 0.294. The summed E-state index contributed by atoms with van der Waals surface area (Å²) in [6, 6.07) is 0. The number of ether oxygens (including phenoxy) is 1. The molecule has 1 aliphatic heterocycles. The predicted molar refractivity (Wildman–Crippen MR) is 43.6 cm³/mol. The summed E-state index contributed by atoms with van der Waals surface area (Å²) in [5.41, 5.74) is -0.421. The quantitative estimate of drug-likeness (QED) is 0.460. The lowest BCUT2D eigenvalue weighted by molar-refractivity contribution is -0.136. The monoisotopic (exact) mass is 166 g/mol. The minimum Gasteiger partial charge on any atom is -0.466 e. The maximum absolute atomic E-state index is 11.0. The molecule has 0 amide bonds. The van der Waals surface area contributed by atoms with Gasteiger partial charge in [-0.15, -0.1) is 0 Å². The summed E-state index contributed by atoms with van der Waals surface area (Å²) in [4.78, 5) is 11.0. The van der Waals surface area contributed by atoms with Gasteiger partial charge in [-0.3, -0.25) is 0 Å².